The number of sulfonamides is 1. The van der Waals surface area contributed by atoms with Gasteiger partial charge in [0.1, 0.15) is 6.04 Å². The van der Waals surface area contributed by atoms with E-state index in [2.05, 4.69) is 15.2 Å². The number of hydrazone groups is 1. The Morgan fingerprint density at radius 2 is 1.90 bits per heavy atom. The lowest BCUT2D eigenvalue weighted by atomic mass is 10.1. The summed E-state index contributed by atoms with van der Waals surface area (Å²) in [6, 6.07) is 8.63. The number of phenols is 1. The second-order valence-corrected chi connectivity index (χ2v) is 10.0. The first kappa shape index (κ1) is 25.1. The molecule has 0 radical (unpaired) electrons. The minimum atomic E-state index is -3.87. The number of nitrogens with one attached hydrogen (secondary N) is 2. The second kappa shape index (κ2) is 10.9. The van der Waals surface area contributed by atoms with Crippen molar-refractivity contribution in [3.8, 4) is 11.5 Å². The van der Waals surface area contributed by atoms with E-state index in [1.807, 2.05) is 29.5 Å². The molecule has 168 valence electrons. The normalized spacial score (nSPS) is 12.8. The number of aryl methyl sites for hydroxylation is 1. The van der Waals surface area contributed by atoms with Gasteiger partial charge < -0.3 is 9.84 Å². The van der Waals surface area contributed by atoms with Gasteiger partial charge >= 0.3 is 0 Å². The highest BCUT2D eigenvalue weighted by atomic mass is 127. The van der Waals surface area contributed by atoms with Gasteiger partial charge in [0.15, 0.2) is 11.5 Å². The third-order valence-electron chi connectivity index (χ3n) is 4.30. The molecule has 0 bridgehead atoms. The van der Waals surface area contributed by atoms with E-state index in [-0.39, 0.29) is 16.6 Å². The Morgan fingerprint density at radius 3 is 2.48 bits per heavy atom. The van der Waals surface area contributed by atoms with Crippen LogP contribution in [0.25, 0.3) is 0 Å². The summed E-state index contributed by atoms with van der Waals surface area (Å²) in [4.78, 5) is 12.7. The molecular weight excluding hydrogens is 533 g/mol. The molecule has 8 nitrogen and oxygen atoms in total. The minimum Gasteiger partial charge on any atom is -0.504 e. The number of rotatable bonds is 9. The maximum absolute atomic E-state index is 12.7. The van der Waals surface area contributed by atoms with E-state index in [4.69, 9.17) is 4.74 Å². The van der Waals surface area contributed by atoms with E-state index < -0.39 is 22.0 Å². The van der Waals surface area contributed by atoms with Crippen molar-refractivity contribution in [1.29, 1.82) is 0 Å². The van der Waals surface area contributed by atoms with Gasteiger partial charge in [-0.1, -0.05) is 31.5 Å². The Hall–Kier alpha value is -2.18. The van der Waals surface area contributed by atoms with Crippen molar-refractivity contribution in [2.45, 2.75) is 38.6 Å². The topological polar surface area (TPSA) is 117 Å². The molecule has 2 aromatic carbocycles. The van der Waals surface area contributed by atoms with Crippen LogP contribution in [0.15, 0.2) is 46.4 Å². The maximum Gasteiger partial charge on any atom is 0.258 e. The van der Waals surface area contributed by atoms with Crippen LogP contribution < -0.4 is 14.9 Å². The smallest absolute Gasteiger partial charge is 0.258 e. The van der Waals surface area contributed by atoms with Crippen LogP contribution >= 0.6 is 22.6 Å². The summed E-state index contributed by atoms with van der Waals surface area (Å²) in [6.45, 7) is 7.53. The van der Waals surface area contributed by atoms with Crippen LogP contribution in [0.1, 0.15) is 31.9 Å². The van der Waals surface area contributed by atoms with E-state index in [0.29, 0.717) is 21.5 Å². The number of ether oxygens (including phenoxy) is 1. The van der Waals surface area contributed by atoms with Crippen molar-refractivity contribution in [3.05, 3.63) is 51.1 Å². The molecule has 2 rings (SSSR count). The molecule has 10 heteroatoms. The predicted molar refractivity (Wildman–Crippen MR) is 128 cm³/mol. The van der Waals surface area contributed by atoms with Crippen molar-refractivity contribution in [3.63, 3.8) is 0 Å². The summed E-state index contributed by atoms with van der Waals surface area (Å²) in [7, 11) is -3.87. The lowest BCUT2D eigenvalue weighted by molar-refractivity contribution is -0.123. The first-order valence-electron chi connectivity index (χ1n) is 9.62. The molecule has 0 unspecified atom stereocenters. The molecule has 0 saturated heterocycles. The molecule has 0 aliphatic carbocycles. The molecule has 31 heavy (non-hydrogen) atoms. The van der Waals surface area contributed by atoms with Crippen molar-refractivity contribution in [2.24, 2.45) is 11.0 Å². The van der Waals surface area contributed by atoms with Gasteiger partial charge in [-0.15, -0.1) is 0 Å². The van der Waals surface area contributed by atoms with Crippen LogP contribution in [0.4, 0.5) is 0 Å². The van der Waals surface area contributed by atoms with Gasteiger partial charge in [0, 0.05) is 0 Å². The zero-order valence-corrected chi connectivity index (χ0v) is 20.7. The number of carbonyl (C=O) groups excluding carboxylic acids is 1. The molecule has 0 aliphatic rings. The number of benzene rings is 2. The zero-order chi connectivity index (χ0) is 23.2. The Kier molecular flexibility index (Phi) is 8.83. The molecule has 0 heterocycles. The van der Waals surface area contributed by atoms with Crippen LogP contribution in [0.2, 0.25) is 0 Å². The zero-order valence-electron chi connectivity index (χ0n) is 17.7. The highest BCUT2D eigenvalue weighted by Gasteiger charge is 2.28. The second-order valence-electron chi connectivity index (χ2n) is 7.17. The van der Waals surface area contributed by atoms with Crippen molar-refractivity contribution >= 4 is 44.7 Å². The number of hydrogen-bond donors (Lipinski definition) is 3. The number of halogens is 1. The highest BCUT2D eigenvalue weighted by Crippen LogP contribution is 2.32. The van der Waals surface area contributed by atoms with Gasteiger partial charge in [0.25, 0.3) is 5.91 Å². The molecule has 0 fully saturated rings. The molecule has 0 spiro atoms. The lowest BCUT2D eigenvalue weighted by Gasteiger charge is -2.20. The van der Waals surface area contributed by atoms with Crippen LogP contribution in [0.5, 0.6) is 11.5 Å². The standard InChI is InChI=1S/C21H26IN3O5S/c1-5-30-18-11-15(10-17(22)20(18)26)12-23-24-21(27)19(13(2)3)25-31(28,29)16-8-6-14(4)7-9-16/h6-13,19,25-26H,5H2,1-4H3,(H,24,27)/b23-12-/t19-/m0/s1. The summed E-state index contributed by atoms with van der Waals surface area (Å²) in [6.07, 6.45) is 1.40. The third kappa shape index (κ3) is 6.91. The minimum absolute atomic E-state index is 0.0361. The van der Waals surface area contributed by atoms with Gasteiger partial charge in [0.05, 0.1) is 21.3 Å². The number of aromatic hydroxyl groups is 1. The Morgan fingerprint density at radius 1 is 1.26 bits per heavy atom. The third-order valence-corrected chi connectivity index (χ3v) is 6.58. The number of phenolic OH excluding ortho intramolecular Hbond substituents is 1. The molecule has 0 saturated carbocycles. The first-order chi connectivity index (χ1) is 14.5. The fourth-order valence-corrected chi connectivity index (χ4v) is 4.59. The summed E-state index contributed by atoms with van der Waals surface area (Å²) in [5.74, 6) is -0.544. The van der Waals surface area contributed by atoms with Crippen molar-refractivity contribution < 1.29 is 23.1 Å². The molecule has 2 aromatic rings. The Bertz CT molecular complexity index is 1050. The predicted octanol–water partition coefficient (Wildman–Crippen LogP) is 3.16. The fourth-order valence-electron chi connectivity index (χ4n) is 2.62. The summed E-state index contributed by atoms with van der Waals surface area (Å²) < 4.78 is 33.7. The van der Waals surface area contributed by atoms with Crippen LogP contribution in [-0.2, 0) is 14.8 Å². The first-order valence-corrected chi connectivity index (χ1v) is 12.2. The number of nitrogens with zero attached hydrogens (tertiary/aromatic N) is 1. The SMILES string of the molecule is CCOc1cc(/C=N\NC(=O)[C@@H](NS(=O)(=O)c2ccc(C)cc2)C(C)C)cc(I)c1O. The maximum atomic E-state index is 12.7. The van der Waals surface area contributed by atoms with Crippen LogP contribution in [-0.4, -0.2) is 38.3 Å². The molecule has 0 aromatic heterocycles. The van der Waals surface area contributed by atoms with Gasteiger partial charge in [-0.3, -0.25) is 4.79 Å². The monoisotopic (exact) mass is 559 g/mol. The molecule has 0 aliphatic heterocycles. The quantitative estimate of drug-likeness (QED) is 0.248. The average Bonchev–Trinajstić information content (AvgIpc) is 2.70. The van der Waals surface area contributed by atoms with E-state index in [1.54, 1.807) is 45.0 Å². The molecular formula is C21H26IN3O5S. The van der Waals surface area contributed by atoms with E-state index >= 15 is 0 Å². The van der Waals surface area contributed by atoms with E-state index in [0.717, 1.165) is 5.56 Å². The van der Waals surface area contributed by atoms with E-state index in [9.17, 15) is 18.3 Å². The van der Waals surface area contributed by atoms with Gasteiger partial charge in [-0.05, 0) is 72.2 Å². The average molecular weight is 559 g/mol. The van der Waals surface area contributed by atoms with Gasteiger partial charge in [-0.25, -0.2) is 13.8 Å². The Balaban J connectivity index is 2.13. The number of hydrogen-bond acceptors (Lipinski definition) is 6. The fraction of sp³-hybridized carbons (Fsp3) is 0.333. The largest absolute Gasteiger partial charge is 0.504 e. The lowest BCUT2D eigenvalue weighted by Crippen LogP contribution is -2.48. The molecule has 1 atom stereocenters. The van der Waals surface area contributed by atoms with E-state index in [1.165, 1.54) is 18.3 Å². The summed E-state index contributed by atoms with van der Waals surface area (Å²) in [5, 5.41) is 13.9. The Labute approximate surface area is 196 Å². The molecule has 3 N–H and O–H groups in total. The van der Waals surface area contributed by atoms with Gasteiger partial charge in [-0.2, -0.15) is 9.82 Å². The summed E-state index contributed by atoms with van der Waals surface area (Å²) in [5.41, 5.74) is 3.92. The number of carbonyl (C=O) groups is 1. The van der Waals surface area contributed by atoms with Crippen molar-refractivity contribution in [2.75, 3.05) is 6.61 Å². The molecule has 1 amide bonds. The van der Waals surface area contributed by atoms with Crippen molar-refractivity contribution in [1.82, 2.24) is 10.1 Å². The van der Waals surface area contributed by atoms with Crippen LogP contribution in [0, 0.1) is 16.4 Å². The van der Waals surface area contributed by atoms with Gasteiger partial charge in [0.2, 0.25) is 10.0 Å². The summed E-state index contributed by atoms with van der Waals surface area (Å²) >= 11 is 1.97. The number of amides is 1. The highest BCUT2D eigenvalue weighted by molar-refractivity contribution is 14.1. The van der Waals surface area contributed by atoms with Crippen LogP contribution in [0.3, 0.4) is 0 Å².